The topological polar surface area (TPSA) is 76.4 Å². The number of hydrogen-bond donors (Lipinski definition) is 3. The fraction of sp³-hybridized carbons (Fsp3) is 0.133. The van der Waals surface area contributed by atoms with E-state index in [1.54, 1.807) is 0 Å². The highest BCUT2D eigenvalue weighted by Gasteiger charge is 2.33. The molecule has 1 atom stereocenters. The molecule has 0 aromatic heterocycles. The number of nitrogens with two attached hydrogens (primary N) is 2. The first kappa shape index (κ1) is 13.5. The molecule has 0 saturated heterocycles. The summed E-state index contributed by atoms with van der Waals surface area (Å²) in [5.74, 6) is -1.60. The van der Waals surface area contributed by atoms with Gasteiger partial charge in [-0.3, -0.25) is 0 Å². The number of para-hydroxylation sites is 1. The monoisotopic (exact) mass is 288 g/mol. The summed E-state index contributed by atoms with van der Waals surface area (Å²) >= 11 is 0. The second-order valence-electron chi connectivity index (χ2n) is 5.02. The number of guanidine groups is 1. The fourth-order valence-corrected chi connectivity index (χ4v) is 2.51. The lowest BCUT2D eigenvalue weighted by atomic mass is 9.91. The molecule has 108 valence electrons. The van der Waals surface area contributed by atoms with Crippen LogP contribution in [0.2, 0.25) is 0 Å². The van der Waals surface area contributed by atoms with E-state index in [0.717, 1.165) is 23.4 Å². The van der Waals surface area contributed by atoms with Gasteiger partial charge in [-0.2, -0.15) is 0 Å². The average Bonchev–Trinajstić information content (AvgIpc) is 2.42. The highest BCUT2D eigenvalue weighted by atomic mass is 19.2. The van der Waals surface area contributed by atoms with Crippen molar-refractivity contribution in [3.05, 3.63) is 65.2 Å². The first-order valence-corrected chi connectivity index (χ1v) is 6.43. The quantitative estimate of drug-likeness (QED) is 0.791. The van der Waals surface area contributed by atoms with Crippen molar-refractivity contribution in [2.45, 2.75) is 12.1 Å². The van der Waals surface area contributed by atoms with E-state index in [1.165, 1.54) is 6.07 Å². The molecular formula is C15H14F2N4. The van der Waals surface area contributed by atoms with Gasteiger partial charge in [0.25, 0.3) is 0 Å². The molecule has 2 aromatic carbocycles. The van der Waals surface area contributed by atoms with Crippen LogP contribution in [-0.4, -0.2) is 5.96 Å². The molecule has 0 amide bonds. The second-order valence-corrected chi connectivity index (χ2v) is 5.02. The maximum absolute atomic E-state index is 13.3. The number of hydrogen-bond acceptors (Lipinski definition) is 4. The lowest BCUT2D eigenvalue weighted by molar-refractivity contribution is 0.457. The Labute approximate surface area is 120 Å². The molecule has 1 heterocycles. The number of rotatable bonds is 2. The van der Waals surface area contributed by atoms with Gasteiger partial charge < -0.3 is 16.8 Å². The standard InChI is InChI=1S/C15H14F2N4/c16-11-6-5-9(7-12(11)17)8-15(19)10-3-1-2-4-13(10)20-14(18)21-15/h1-7H,8,19H2,(H3,18,20,21). The van der Waals surface area contributed by atoms with Gasteiger partial charge in [-0.1, -0.05) is 24.3 Å². The molecule has 0 aliphatic carbocycles. The van der Waals surface area contributed by atoms with Crippen molar-refractivity contribution in [1.82, 2.24) is 0 Å². The minimum Gasteiger partial charge on any atom is -0.370 e. The van der Waals surface area contributed by atoms with Crippen molar-refractivity contribution >= 4 is 11.6 Å². The number of fused-ring (bicyclic) bond motifs is 1. The molecule has 0 fully saturated rings. The van der Waals surface area contributed by atoms with Crippen LogP contribution in [0.3, 0.4) is 0 Å². The van der Waals surface area contributed by atoms with Gasteiger partial charge in [0.1, 0.15) is 5.66 Å². The zero-order chi connectivity index (χ0) is 15.0. The first-order chi connectivity index (χ1) is 9.98. The van der Waals surface area contributed by atoms with E-state index < -0.39 is 17.3 Å². The van der Waals surface area contributed by atoms with Gasteiger partial charge >= 0.3 is 0 Å². The molecule has 1 unspecified atom stereocenters. The summed E-state index contributed by atoms with van der Waals surface area (Å²) in [6.07, 6.45) is 0.212. The SMILES string of the molecule is NC1=NC(N)(Cc2ccc(F)c(F)c2)c2ccccc2N1. The Morgan fingerprint density at radius 2 is 1.86 bits per heavy atom. The van der Waals surface area contributed by atoms with E-state index in [1.807, 2.05) is 24.3 Å². The maximum Gasteiger partial charge on any atom is 0.195 e. The minimum atomic E-state index is -1.11. The van der Waals surface area contributed by atoms with Crippen LogP contribution in [0.15, 0.2) is 47.5 Å². The molecule has 1 aliphatic heterocycles. The van der Waals surface area contributed by atoms with E-state index in [2.05, 4.69) is 10.3 Å². The van der Waals surface area contributed by atoms with Gasteiger partial charge in [0.2, 0.25) is 0 Å². The lowest BCUT2D eigenvalue weighted by Gasteiger charge is -2.32. The van der Waals surface area contributed by atoms with Crippen LogP contribution in [0.5, 0.6) is 0 Å². The number of aliphatic imine (C=N–C) groups is 1. The molecule has 6 heteroatoms. The Balaban J connectivity index is 2.02. The molecule has 0 radical (unpaired) electrons. The summed E-state index contributed by atoms with van der Waals surface area (Å²) in [6, 6.07) is 11.0. The van der Waals surface area contributed by atoms with Crippen LogP contribution in [0, 0.1) is 11.6 Å². The normalized spacial score (nSPS) is 20.4. The van der Waals surface area contributed by atoms with Crippen LogP contribution in [0.25, 0.3) is 0 Å². The van der Waals surface area contributed by atoms with Gasteiger partial charge in [-0.05, 0) is 23.8 Å². The Morgan fingerprint density at radius 1 is 1.10 bits per heavy atom. The molecule has 0 spiro atoms. The van der Waals surface area contributed by atoms with Gasteiger partial charge in [0, 0.05) is 17.7 Å². The minimum absolute atomic E-state index is 0.193. The summed E-state index contributed by atoms with van der Waals surface area (Å²) in [6.45, 7) is 0. The summed E-state index contributed by atoms with van der Waals surface area (Å²) in [5, 5.41) is 2.93. The summed E-state index contributed by atoms with van der Waals surface area (Å²) in [7, 11) is 0. The molecular weight excluding hydrogens is 274 g/mol. The number of nitrogens with one attached hydrogen (secondary N) is 1. The number of anilines is 1. The van der Waals surface area contributed by atoms with E-state index in [0.29, 0.717) is 5.56 Å². The van der Waals surface area contributed by atoms with E-state index in [9.17, 15) is 8.78 Å². The average molecular weight is 288 g/mol. The molecule has 2 aromatic rings. The van der Waals surface area contributed by atoms with Crippen molar-refractivity contribution in [1.29, 1.82) is 0 Å². The second kappa shape index (κ2) is 4.82. The fourth-order valence-electron chi connectivity index (χ4n) is 2.51. The maximum atomic E-state index is 13.3. The molecule has 21 heavy (non-hydrogen) atoms. The third-order valence-electron chi connectivity index (χ3n) is 3.43. The van der Waals surface area contributed by atoms with Gasteiger partial charge in [0.05, 0.1) is 0 Å². The van der Waals surface area contributed by atoms with Gasteiger partial charge in [0.15, 0.2) is 17.6 Å². The third kappa shape index (κ3) is 2.45. The van der Waals surface area contributed by atoms with Crippen LogP contribution < -0.4 is 16.8 Å². The smallest absolute Gasteiger partial charge is 0.195 e. The Bertz CT molecular complexity index is 729. The Kier molecular flexibility index (Phi) is 3.10. The van der Waals surface area contributed by atoms with Crippen LogP contribution >= 0.6 is 0 Å². The summed E-state index contributed by atoms with van der Waals surface area (Å²) in [4.78, 5) is 4.25. The zero-order valence-corrected chi connectivity index (χ0v) is 11.1. The predicted molar refractivity (Wildman–Crippen MR) is 77.6 cm³/mol. The highest BCUT2D eigenvalue weighted by molar-refractivity contribution is 5.95. The largest absolute Gasteiger partial charge is 0.370 e. The first-order valence-electron chi connectivity index (χ1n) is 6.43. The lowest BCUT2D eigenvalue weighted by Crippen LogP contribution is -2.44. The third-order valence-corrected chi connectivity index (χ3v) is 3.43. The number of nitrogens with zero attached hydrogens (tertiary/aromatic N) is 1. The highest BCUT2D eigenvalue weighted by Crippen LogP contribution is 2.33. The van der Waals surface area contributed by atoms with Crippen molar-refractivity contribution < 1.29 is 8.78 Å². The van der Waals surface area contributed by atoms with Crippen LogP contribution in [0.4, 0.5) is 14.5 Å². The Morgan fingerprint density at radius 3 is 2.62 bits per heavy atom. The van der Waals surface area contributed by atoms with Gasteiger partial charge in [-0.25, -0.2) is 13.8 Å². The van der Waals surface area contributed by atoms with Gasteiger partial charge in [-0.15, -0.1) is 0 Å². The number of halogens is 2. The number of benzene rings is 2. The molecule has 3 rings (SSSR count). The van der Waals surface area contributed by atoms with Crippen molar-refractivity contribution in [3.8, 4) is 0 Å². The molecule has 0 bridgehead atoms. The van der Waals surface area contributed by atoms with E-state index >= 15 is 0 Å². The zero-order valence-electron chi connectivity index (χ0n) is 11.1. The van der Waals surface area contributed by atoms with E-state index in [-0.39, 0.29) is 12.4 Å². The summed E-state index contributed by atoms with van der Waals surface area (Å²) < 4.78 is 26.4. The molecule has 1 aliphatic rings. The Hall–Kier alpha value is -2.47. The van der Waals surface area contributed by atoms with Crippen LogP contribution in [0.1, 0.15) is 11.1 Å². The van der Waals surface area contributed by atoms with Crippen LogP contribution in [-0.2, 0) is 12.1 Å². The molecule has 0 saturated carbocycles. The predicted octanol–water partition coefficient (Wildman–Crippen LogP) is 2.06. The molecule has 5 N–H and O–H groups in total. The summed E-state index contributed by atoms with van der Waals surface area (Å²) in [5.41, 5.74) is 13.1. The van der Waals surface area contributed by atoms with Crippen molar-refractivity contribution in [2.24, 2.45) is 16.5 Å². The van der Waals surface area contributed by atoms with Crippen molar-refractivity contribution in [2.75, 3.05) is 5.32 Å². The van der Waals surface area contributed by atoms with E-state index in [4.69, 9.17) is 11.5 Å². The molecule has 4 nitrogen and oxygen atoms in total. The van der Waals surface area contributed by atoms with Crippen molar-refractivity contribution in [3.63, 3.8) is 0 Å².